The van der Waals surface area contributed by atoms with Crippen LogP contribution >= 0.6 is 0 Å². The normalized spacial score (nSPS) is 14.7. The first-order valence-electron chi connectivity index (χ1n) is 20.6. The summed E-state index contributed by atoms with van der Waals surface area (Å²) in [5, 5.41) is 4.64. The SMILES string of the molecule is CC1(C)c2ccccc2-c2ccc(N(c3ccc4c(c3)C(C)(C)c3ccccc3-4)c3ccc4c(c3)c3cc5nc(-c6ccccc6)oc5c5c6ccccc6n4c35)cc21. The van der Waals surface area contributed by atoms with Gasteiger partial charge in [0.05, 0.1) is 21.9 Å². The van der Waals surface area contributed by atoms with Crippen LogP contribution in [0.3, 0.4) is 0 Å². The molecule has 0 saturated heterocycles. The molecule has 0 fully saturated rings. The van der Waals surface area contributed by atoms with Crippen molar-refractivity contribution in [3.63, 3.8) is 0 Å². The maximum Gasteiger partial charge on any atom is 0.227 e. The Morgan fingerprint density at radius 3 is 1.69 bits per heavy atom. The average molecular weight is 758 g/mol. The van der Waals surface area contributed by atoms with Crippen molar-refractivity contribution in [2.24, 2.45) is 0 Å². The van der Waals surface area contributed by atoms with Crippen molar-refractivity contribution in [2.75, 3.05) is 4.90 Å². The van der Waals surface area contributed by atoms with E-state index in [0.29, 0.717) is 5.89 Å². The van der Waals surface area contributed by atoms with Gasteiger partial charge in [0.1, 0.15) is 5.52 Å². The summed E-state index contributed by atoms with van der Waals surface area (Å²) in [7, 11) is 0. The maximum absolute atomic E-state index is 6.67. The zero-order valence-electron chi connectivity index (χ0n) is 33.3. The van der Waals surface area contributed by atoms with Crippen LogP contribution in [0, 0.1) is 0 Å². The Morgan fingerprint density at radius 1 is 0.475 bits per heavy atom. The lowest BCUT2D eigenvalue weighted by atomic mass is 9.82. The zero-order chi connectivity index (χ0) is 39.4. The average Bonchev–Trinajstić information content (AvgIpc) is 4.04. The van der Waals surface area contributed by atoms with Crippen molar-refractivity contribution >= 4 is 66.3 Å². The number of hydrogen-bond donors (Lipinski definition) is 0. The third-order valence-electron chi connectivity index (χ3n) is 13.7. The predicted octanol–water partition coefficient (Wildman–Crippen LogP) is 14.7. The summed E-state index contributed by atoms with van der Waals surface area (Å²) in [5.74, 6) is 0.639. The second-order valence-electron chi connectivity index (χ2n) is 17.6. The third-order valence-corrected chi connectivity index (χ3v) is 13.7. The van der Waals surface area contributed by atoms with Crippen molar-refractivity contribution < 1.29 is 4.42 Å². The van der Waals surface area contributed by atoms with Gasteiger partial charge in [0.15, 0.2) is 5.58 Å². The van der Waals surface area contributed by atoms with Crippen LogP contribution in [0.25, 0.3) is 82.9 Å². The van der Waals surface area contributed by atoms with Gasteiger partial charge in [-0.05, 0) is 111 Å². The lowest BCUT2D eigenvalue weighted by Gasteiger charge is -2.30. The lowest BCUT2D eigenvalue weighted by Crippen LogP contribution is -2.18. The van der Waals surface area contributed by atoms with Crippen LogP contribution in [0.2, 0.25) is 0 Å². The molecule has 0 saturated carbocycles. The van der Waals surface area contributed by atoms with Gasteiger partial charge < -0.3 is 13.7 Å². The maximum atomic E-state index is 6.67. The van der Waals surface area contributed by atoms with Crippen LogP contribution in [0.1, 0.15) is 49.9 Å². The molecular formula is C55H39N3O. The number of nitrogens with zero attached hydrogens (tertiary/aromatic N) is 3. The molecule has 13 rings (SSSR count). The van der Waals surface area contributed by atoms with Crippen molar-refractivity contribution in [3.05, 3.63) is 186 Å². The molecule has 0 amide bonds. The highest BCUT2D eigenvalue weighted by Gasteiger charge is 2.38. The van der Waals surface area contributed by atoms with Crippen molar-refractivity contribution in [3.8, 4) is 33.7 Å². The molecule has 0 N–H and O–H groups in total. The summed E-state index contributed by atoms with van der Waals surface area (Å²) >= 11 is 0. The molecule has 0 spiro atoms. The van der Waals surface area contributed by atoms with E-state index in [0.717, 1.165) is 44.6 Å². The molecular weight excluding hydrogens is 719 g/mol. The Morgan fingerprint density at radius 2 is 1.02 bits per heavy atom. The van der Waals surface area contributed by atoms with Gasteiger partial charge >= 0.3 is 0 Å². The molecule has 8 aromatic carbocycles. The first-order chi connectivity index (χ1) is 28.8. The monoisotopic (exact) mass is 757 g/mol. The molecule has 0 atom stereocenters. The summed E-state index contributed by atoms with van der Waals surface area (Å²) in [6.45, 7) is 9.46. The summed E-state index contributed by atoms with van der Waals surface area (Å²) in [5.41, 5.74) is 20.1. The van der Waals surface area contributed by atoms with Gasteiger partial charge in [0.2, 0.25) is 5.89 Å². The molecule has 59 heavy (non-hydrogen) atoms. The van der Waals surface area contributed by atoms with Crippen molar-refractivity contribution in [2.45, 2.75) is 38.5 Å². The Hall–Kier alpha value is -7.17. The molecule has 0 bridgehead atoms. The van der Waals surface area contributed by atoms with E-state index in [1.165, 1.54) is 71.7 Å². The number of rotatable bonds is 4. The van der Waals surface area contributed by atoms with E-state index in [9.17, 15) is 0 Å². The van der Waals surface area contributed by atoms with Gasteiger partial charge in [0.25, 0.3) is 0 Å². The molecule has 2 aliphatic carbocycles. The molecule has 3 aromatic heterocycles. The van der Waals surface area contributed by atoms with Gasteiger partial charge in [-0.25, -0.2) is 4.98 Å². The highest BCUT2D eigenvalue weighted by atomic mass is 16.3. The molecule has 4 heteroatoms. The van der Waals surface area contributed by atoms with Gasteiger partial charge in [-0.3, -0.25) is 0 Å². The molecule has 280 valence electrons. The highest BCUT2D eigenvalue weighted by Crippen LogP contribution is 2.54. The van der Waals surface area contributed by atoms with E-state index in [4.69, 9.17) is 9.40 Å². The Balaban J connectivity index is 1.07. The number of anilines is 3. The molecule has 3 heterocycles. The number of para-hydroxylation sites is 1. The molecule has 4 nitrogen and oxygen atoms in total. The first kappa shape index (κ1) is 32.9. The summed E-state index contributed by atoms with van der Waals surface area (Å²) in [6.07, 6.45) is 0. The minimum atomic E-state index is -0.130. The second kappa shape index (κ2) is 11.3. The largest absolute Gasteiger partial charge is 0.435 e. The number of oxazole rings is 1. The number of benzene rings is 8. The summed E-state index contributed by atoms with van der Waals surface area (Å²) < 4.78 is 9.10. The van der Waals surface area contributed by atoms with Crippen molar-refractivity contribution in [1.29, 1.82) is 0 Å². The summed E-state index contributed by atoms with van der Waals surface area (Å²) in [6, 6.07) is 60.2. The van der Waals surface area contributed by atoms with E-state index >= 15 is 0 Å². The zero-order valence-corrected chi connectivity index (χ0v) is 33.3. The van der Waals surface area contributed by atoms with E-state index in [2.05, 4.69) is 183 Å². The molecule has 2 aliphatic rings. The van der Waals surface area contributed by atoms with E-state index < -0.39 is 0 Å². The smallest absolute Gasteiger partial charge is 0.227 e. The Bertz CT molecular complexity index is 3460. The van der Waals surface area contributed by atoms with Crippen LogP contribution in [-0.4, -0.2) is 9.38 Å². The molecule has 0 radical (unpaired) electrons. The molecule has 0 aliphatic heterocycles. The first-order valence-corrected chi connectivity index (χ1v) is 20.6. The van der Waals surface area contributed by atoms with E-state index in [-0.39, 0.29) is 10.8 Å². The topological polar surface area (TPSA) is 33.7 Å². The van der Waals surface area contributed by atoms with Crippen LogP contribution in [0.15, 0.2) is 168 Å². The van der Waals surface area contributed by atoms with Gasteiger partial charge in [-0.15, -0.1) is 0 Å². The standard InChI is InChI=1S/C55H39N3O/c1-54(2)43-19-11-8-16-36(43)38-25-22-34(29-45(38)54)57(35-23-26-39-37-17-9-12-20-44(37)55(3,4)46(39)30-35)33-24-27-49-41(28-33)42-31-47-52(59-53(56-47)32-14-6-5-7-15-32)50-40-18-10-13-21-48(40)58(49)51(42)50/h5-31H,1-4H3. The minimum absolute atomic E-state index is 0.130. The number of aromatic nitrogens is 2. The van der Waals surface area contributed by atoms with E-state index in [1.54, 1.807) is 0 Å². The fraction of sp³-hybridized carbons (Fsp3) is 0.109. The molecule has 0 unspecified atom stereocenters. The Labute approximate surface area is 341 Å². The van der Waals surface area contributed by atoms with Crippen molar-refractivity contribution in [1.82, 2.24) is 9.38 Å². The highest BCUT2D eigenvalue weighted by molar-refractivity contribution is 6.30. The van der Waals surface area contributed by atoms with E-state index in [1.807, 2.05) is 18.2 Å². The predicted molar refractivity (Wildman–Crippen MR) is 244 cm³/mol. The second-order valence-corrected chi connectivity index (χ2v) is 17.6. The van der Waals surface area contributed by atoms with Crippen LogP contribution < -0.4 is 4.90 Å². The summed E-state index contributed by atoms with van der Waals surface area (Å²) in [4.78, 5) is 7.59. The van der Waals surface area contributed by atoms with Gasteiger partial charge in [-0.1, -0.05) is 125 Å². The minimum Gasteiger partial charge on any atom is -0.435 e. The number of hydrogen-bond acceptors (Lipinski definition) is 3. The fourth-order valence-corrected chi connectivity index (χ4v) is 10.9. The third kappa shape index (κ3) is 4.25. The Kier molecular flexibility index (Phi) is 6.28. The van der Waals surface area contributed by atoms with Crippen LogP contribution in [0.5, 0.6) is 0 Å². The quantitative estimate of drug-likeness (QED) is 0.179. The lowest BCUT2D eigenvalue weighted by molar-refractivity contribution is 0.623. The van der Waals surface area contributed by atoms with Gasteiger partial charge in [-0.2, -0.15) is 0 Å². The van der Waals surface area contributed by atoms with Crippen LogP contribution in [-0.2, 0) is 10.8 Å². The van der Waals surface area contributed by atoms with Gasteiger partial charge in [0, 0.05) is 49.6 Å². The molecule has 11 aromatic rings. The fourth-order valence-electron chi connectivity index (χ4n) is 10.9. The van der Waals surface area contributed by atoms with Crippen LogP contribution in [0.4, 0.5) is 17.1 Å². The number of fused-ring (bicyclic) bond motifs is 14.